The number of rotatable bonds is 5. The predicted octanol–water partition coefficient (Wildman–Crippen LogP) is 2.49. The first-order valence-corrected chi connectivity index (χ1v) is 9.57. The smallest absolute Gasteiger partial charge is 0.251 e. The molecule has 4 rings (SSSR count). The lowest BCUT2D eigenvalue weighted by molar-refractivity contribution is 0.0951. The molecule has 2 aromatic carbocycles. The third kappa shape index (κ3) is 4.70. The minimum absolute atomic E-state index is 0.132. The Hall–Kier alpha value is -3.45. The molecule has 0 saturated carbocycles. The van der Waals surface area contributed by atoms with Gasteiger partial charge in [-0.05, 0) is 29.8 Å². The summed E-state index contributed by atoms with van der Waals surface area (Å²) in [5, 5.41) is 2.97. The minimum Gasteiger partial charge on any atom is -0.382 e. The number of nitrogens with one attached hydrogen (secondary N) is 1. The Morgan fingerprint density at radius 1 is 1.07 bits per heavy atom. The molecule has 1 aliphatic heterocycles. The van der Waals surface area contributed by atoms with Crippen molar-refractivity contribution in [1.29, 1.82) is 0 Å². The average molecular weight is 389 g/mol. The summed E-state index contributed by atoms with van der Waals surface area (Å²) in [6, 6.07) is 15.6. The van der Waals surface area contributed by atoms with Crippen molar-refractivity contribution < 1.29 is 9.53 Å². The largest absolute Gasteiger partial charge is 0.382 e. The van der Waals surface area contributed by atoms with Crippen LogP contribution >= 0.6 is 0 Å². The van der Waals surface area contributed by atoms with Gasteiger partial charge in [0.25, 0.3) is 5.91 Å². The molecule has 1 saturated heterocycles. The van der Waals surface area contributed by atoms with Crippen molar-refractivity contribution >= 4 is 17.4 Å². The number of aromatic nitrogens is 2. The highest BCUT2D eigenvalue weighted by atomic mass is 16.5. The summed E-state index contributed by atoms with van der Waals surface area (Å²) >= 11 is 0. The zero-order valence-corrected chi connectivity index (χ0v) is 16.0. The summed E-state index contributed by atoms with van der Waals surface area (Å²) in [5.74, 6) is 0.231. The molecular formula is C22H23N5O2. The van der Waals surface area contributed by atoms with Crippen LogP contribution in [0.4, 0.5) is 11.5 Å². The van der Waals surface area contributed by atoms with Crippen molar-refractivity contribution in [3.63, 3.8) is 0 Å². The quantitative estimate of drug-likeness (QED) is 0.696. The van der Waals surface area contributed by atoms with E-state index in [0.717, 1.165) is 37.4 Å². The summed E-state index contributed by atoms with van der Waals surface area (Å²) in [7, 11) is 0. The number of nitrogen functional groups attached to an aromatic ring is 1. The molecule has 0 bridgehead atoms. The summed E-state index contributed by atoms with van der Waals surface area (Å²) in [4.78, 5) is 23.2. The van der Waals surface area contributed by atoms with E-state index in [9.17, 15) is 4.79 Å². The molecule has 148 valence electrons. The van der Waals surface area contributed by atoms with E-state index in [-0.39, 0.29) is 5.91 Å². The molecule has 3 aromatic rings. The molecule has 1 amide bonds. The lowest BCUT2D eigenvalue weighted by Gasteiger charge is -2.28. The van der Waals surface area contributed by atoms with E-state index in [1.165, 1.54) is 11.9 Å². The topological polar surface area (TPSA) is 93.4 Å². The first-order valence-electron chi connectivity index (χ1n) is 9.57. The van der Waals surface area contributed by atoms with Gasteiger partial charge in [-0.25, -0.2) is 4.98 Å². The number of nitrogens with two attached hydrogens (primary N) is 1. The van der Waals surface area contributed by atoms with E-state index < -0.39 is 0 Å². The fourth-order valence-corrected chi connectivity index (χ4v) is 3.24. The molecule has 0 unspecified atom stereocenters. The second kappa shape index (κ2) is 8.70. The monoisotopic (exact) mass is 389 g/mol. The van der Waals surface area contributed by atoms with Crippen LogP contribution in [-0.2, 0) is 11.3 Å². The van der Waals surface area contributed by atoms with Crippen LogP contribution in [0.5, 0.6) is 0 Å². The van der Waals surface area contributed by atoms with E-state index in [0.29, 0.717) is 23.6 Å². The fourth-order valence-electron chi connectivity index (χ4n) is 3.24. The van der Waals surface area contributed by atoms with Gasteiger partial charge in [0, 0.05) is 36.4 Å². The first-order chi connectivity index (χ1) is 14.2. The van der Waals surface area contributed by atoms with Gasteiger partial charge in [-0.1, -0.05) is 24.3 Å². The van der Waals surface area contributed by atoms with Crippen LogP contribution in [0.15, 0.2) is 60.9 Å². The van der Waals surface area contributed by atoms with Crippen LogP contribution in [0.2, 0.25) is 0 Å². The summed E-state index contributed by atoms with van der Waals surface area (Å²) in [6.45, 7) is 3.81. The number of carbonyl (C=O) groups excluding carboxylic acids is 1. The van der Waals surface area contributed by atoms with Crippen molar-refractivity contribution in [2.45, 2.75) is 6.54 Å². The van der Waals surface area contributed by atoms with Gasteiger partial charge < -0.3 is 20.7 Å². The van der Waals surface area contributed by atoms with Crippen LogP contribution < -0.4 is 16.0 Å². The number of hydrogen-bond acceptors (Lipinski definition) is 6. The number of nitrogens with zero attached hydrogens (tertiary/aromatic N) is 3. The van der Waals surface area contributed by atoms with E-state index >= 15 is 0 Å². The van der Waals surface area contributed by atoms with E-state index in [1.54, 1.807) is 18.3 Å². The standard InChI is InChI=1S/C22H23N5O2/c23-21-15-24-20(14-25-21)17-2-1-3-18(12-17)22(28)26-13-16-4-6-19(7-5-16)27-8-10-29-11-9-27/h1-7,12,14-15H,8-11,13H2,(H2,23,25)(H,26,28). The summed E-state index contributed by atoms with van der Waals surface area (Å²) in [5.41, 5.74) is 9.88. The third-order valence-electron chi connectivity index (χ3n) is 4.86. The number of amides is 1. The Morgan fingerprint density at radius 2 is 1.86 bits per heavy atom. The molecule has 0 aliphatic carbocycles. The lowest BCUT2D eigenvalue weighted by Crippen LogP contribution is -2.36. The molecule has 1 aromatic heterocycles. The van der Waals surface area contributed by atoms with E-state index in [1.807, 2.05) is 24.3 Å². The summed E-state index contributed by atoms with van der Waals surface area (Å²) in [6.07, 6.45) is 3.10. The summed E-state index contributed by atoms with van der Waals surface area (Å²) < 4.78 is 5.39. The van der Waals surface area contributed by atoms with Crippen molar-refractivity contribution in [3.8, 4) is 11.3 Å². The van der Waals surface area contributed by atoms with Crippen LogP contribution in [-0.4, -0.2) is 42.2 Å². The second-order valence-corrected chi connectivity index (χ2v) is 6.86. The average Bonchev–Trinajstić information content (AvgIpc) is 2.79. The number of carbonyl (C=O) groups is 1. The van der Waals surface area contributed by atoms with Gasteiger partial charge >= 0.3 is 0 Å². The van der Waals surface area contributed by atoms with Crippen LogP contribution in [0, 0.1) is 0 Å². The Morgan fingerprint density at radius 3 is 2.59 bits per heavy atom. The molecule has 2 heterocycles. The second-order valence-electron chi connectivity index (χ2n) is 6.86. The number of benzene rings is 2. The highest BCUT2D eigenvalue weighted by Gasteiger charge is 2.11. The van der Waals surface area contributed by atoms with Gasteiger partial charge in [0.05, 0.1) is 31.3 Å². The van der Waals surface area contributed by atoms with Gasteiger partial charge in [-0.15, -0.1) is 0 Å². The van der Waals surface area contributed by atoms with Crippen molar-refractivity contribution in [3.05, 3.63) is 72.1 Å². The maximum Gasteiger partial charge on any atom is 0.251 e. The van der Waals surface area contributed by atoms with E-state index in [2.05, 4.69) is 32.3 Å². The maximum atomic E-state index is 12.6. The van der Waals surface area contributed by atoms with Gasteiger partial charge in [0.15, 0.2) is 0 Å². The van der Waals surface area contributed by atoms with Gasteiger partial charge in [0.1, 0.15) is 5.82 Å². The van der Waals surface area contributed by atoms with Crippen molar-refractivity contribution in [2.24, 2.45) is 0 Å². The van der Waals surface area contributed by atoms with Crippen LogP contribution in [0.25, 0.3) is 11.3 Å². The Bertz CT molecular complexity index is 967. The van der Waals surface area contributed by atoms with Crippen LogP contribution in [0.1, 0.15) is 15.9 Å². The molecule has 0 radical (unpaired) electrons. The fraction of sp³-hybridized carbons (Fsp3) is 0.227. The minimum atomic E-state index is -0.132. The third-order valence-corrected chi connectivity index (χ3v) is 4.86. The van der Waals surface area contributed by atoms with Gasteiger partial charge in [0.2, 0.25) is 0 Å². The molecule has 7 heteroatoms. The molecule has 0 spiro atoms. The predicted molar refractivity (Wildman–Crippen MR) is 113 cm³/mol. The van der Waals surface area contributed by atoms with Crippen molar-refractivity contribution in [1.82, 2.24) is 15.3 Å². The Kier molecular flexibility index (Phi) is 5.67. The molecule has 1 aliphatic rings. The van der Waals surface area contributed by atoms with E-state index in [4.69, 9.17) is 10.5 Å². The lowest BCUT2D eigenvalue weighted by atomic mass is 10.1. The molecule has 7 nitrogen and oxygen atoms in total. The molecule has 0 atom stereocenters. The van der Waals surface area contributed by atoms with Crippen molar-refractivity contribution in [2.75, 3.05) is 36.9 Å². The van der Waals surface area contributed by atoms with Crippen LogP contribution in [0.3, 0.4) is 0 Å². The Labute approximate surface area is 169 Å². The SMILES string of the molecule is Nc1cnc(-c2cccc(C(=O)NCc3ccc(N4CCOCC4)cc3)c2)cn1. The number of ether oxygens (including phenoxy) is 1. The first kappa shape index (κ1) is 18.9. The highest BCUT2D eigenvalue weighted by Crippen LogP contribution is 2.19. The highest BCUT2D eigenvalue weighted by molar-refractivity contribution is 5.95. The molecule has 29 heavy (non-hydrogen) atoms. The molecule has 3 N–H and O–H groups in total. The maximum absolute atomic E-state index is 12.6. The zero-order chi connectivity index (χ0) is 20.1. The Balaban J connectivity index is 1.38. The zero-order valence-electron chi connectivity index (χ0n) is 16.0. The van der Waals surface area contributed by atoms with Gasteiger partial charge in [-0.2, -0.15) is 0 Å². The normalized spacial score (nSPS) is 13.9. The number of morpholine rings is 1. The number of anilines is 2. The molecule has 1 fully saturated rings. The molecular weight excluding hydrogens is 366 g/mol. The van der Waals surface area contributed by atoms with Gasteiger partial charge in [-0.3, -0.25) is 9.78 Å². The number of hydrogen-bond donors (Lipinski definition) is 2.